The highest BCUT2D eigenvalue weighted by molar-refractivity contribution is 5.89. The summed E-state index contributed by atoms with van der Waals surface area (Å²) in [6, 6.07) is 15.4. The molecule has 3 aromatic rings. The summed E-state index contributed by atoms with van der Waals surface area (Å²) in [5.41, 5.74) is 3.98. The SMILES string of the molecule is Cc1ccc(-c2noc([C@H]3CCCN3C(=O)Nc3cccc(C)c3)n2)cc1. The molecule has 0 aliphatic carbocycles. The second-order valence-corrected chi connectivity index (χ2v) is 6.97. The number of hydrogen-bond acceptors (Lipinski definition) is 4. The molecule has 1 aliphatic rings. The van der Waals surface area contributed by atoms with Gasteiger partial charge in [-0.2, -0.15) is 4.98 Å². The number of aromatic nitrogens is 2. The van der Waals surface area contributed by atoms with E-state index in [4.69, 9.17) is 4.52 Å². The van der Waals surface area contributed by atoms with Crippen LogP contribution in [-0.4, -0.2) is 27.6 Å². The molecule has 2 aromatic carbocycles. The van der Waals surface area contributed by atoms with Crippen LogP contribution in [-0.2, 0) is 0 Å². The zero-order chi connectivity index (χ0) is 18.8. The second kappa shape index (κ2) is 7.23. The van der Waals surface area contributed by atoms with Crippen LogP contribution in [0, 0.1) is 13.8 Å². The molecule has 0 saturated carbocycles. The summed E-state index contributed by atoms with van der Waals surface area (Å²) in [7, 11) is 0. The molecule has 0 unspecified atom stereocenters. The number of likely N-dealkylation sites (tertiary alicyclic amines) is 1. The first-order valence-corrected chi connectivity index (χ1v) is 9.15. The Hall–Kier alpha value is -3.15. The third-order valence-corrected chi connectivity index (χ3v) is 4.82. The van der Waals surface area contributed by atoms with E-state index in [0.717, 1.165) is 29.7 Å². The summed E-state index contributed by atoms with van der Waals surface area (Å²) in [6.07, 6.45) is 1.73. The molecule has 4 rings (SSSR count). The third kappa shape index (κ3) is 3.69. The molecule has 2 heterocycles. The molecule has 1 fully saturated rings. The van der Waals surface area contributed by atoms with E-state index in [1.54, 1.807) is 4.90 Å². The summed E-state index contributed by atoms with van der Waals surface area (Å²) in [5.74, 6) is 1.04. The van der Waals surface area contributed by atoms with Crippen LogP contribution in [0.3, 0.4) is 0 Å². The lowest BCUT2D eigenvalue weighted by Crippen LogP contribution is -2.34. The number of carbonyl (C=O) groups is 1. The normalized spacial score (nSPS) is 16.5. The highest BCUT2D eigenvalue weighted by Gasteiger charge is 2.34. The number of amides is 2. The Bertz CT molecular complexity index is 949. The topological polar surface area (TPSA) is 71.3 Å². The van der Waals surface area contributed by atoms with Gasteiger partial charge in [0.25, 0.3) is 0 Å². The number of benzene rings is 2. The molecule has 1 aliphatic heterocycles. The summed E-state index contributed by atoms with van der Waals surface area (Å²) in [6.45, 7) is 4.71. The minimum absolute atomic E-state index is 0.141. The van der Waals surface area contributed by atoms with Crippen molar-refractivity contribution in [1.29, 1.82) is 0 Å². The van der Waals surface area contributed by atoms with Gasteiger partial charge in [-0.25, -0.2) is 4.79 Å². The summed E-state index contributed by atoms with van der Waals surface area (Å²) in [5, 5.41) is 7.07. The quantitative estimate of drug-likeness (QED) is 0.732. The largest absolute Gasteiger partial charge is 0.337 e. The number of nitrogens with one attached hydrogen (secondary N) is 1. The first-order valence-electron chi connectivity index (χ1n) is 9.15. The van der Waals surface area contributed by atoms with Gasteiger partial charge in [-0.15, -0.1) is 0 Å². The standard InChI is InChI=1S/C21H22N4O2/c1-14-8-10-16(11-9-14)19-23-20(27-24-19)18-7-4-12-25(18)21(26)22-17-6-3-5-15(2)13-17/h3,5-6,8-11,13,18H,4,7,12H2,1-2H3,(H,22,26)/t18-/m1/s1. The fourth-order valence-corrected chi connectivity index (χ4v) is 3.38. The van der Waals surface area contributed by atoms with Gasteiger partial charge in [0.15, 0.2) is 0 Å². The Labute approximate surface area is 158 Å². The molecule has 0 spiro atoms. The summed E-state index contributed by atoms with van der Waals surface area (Å²) in [4.78, 5) is 19.1. The number of anilines is 1. The van der Waals surface area contributed by atoms with Crippen LogP contribution in [0.5, 0.6) is 0 Å². The van der Waals surface area contributed by atoms with Gasteiger partial charge in [-0.3, -0.25) is 0 Å². The van der Waals surface area contributed by atoms with Gasteiger partial charge in [-0.05, 0) is 44.4 Å². The monoisotopic (exact) mass is 362 g/mol. The highest BCUT2D eigenvalue weighted by atomic mass is 16.5. The molecule has 0 radical (unpaired) electrons. The first kappa shape index (κ1) is 17.3. The molecule has 1 aromatic heterocycles. The number of urea groups is 1. The zero-order valence-electron chi connectivity index (χ0n) is 15.5. The lowest BCUT2D eigenvalue weighted by molar-refractivity contribution is 0.193. The molecule has 1 saturated heterocycles. The van der Waals surface area contributed by atoms with Crippen molar-refractivity contribution in [2.45, 2.75) is 32.7 Å². The van der Waals surface area contributed by atoms with Crippen molar-refractivity contribution in [2.75, 3.05) is 11.9 Å². The fraction of sp³-hybridized carbons (Fsp3) is 0.286. The molecule has 6 nitrogen and oxygen atoms in total. The van der Waals surface area contributed by atoms with Gasteiger partial charge in [0.2, 0.25) is 11.7 Å². The predicted molar refractivity (Wildman–Crippen MR) is 103 cm³/mol. The van der Waals surface area contributed by atoms with Crippen molar-refractivity contribution < 1.29 is 9.32 Å². The highest BCUT2D eigenvalue weighted by Crippen LogP contribution is 2.32. The van der Waals surface area contributed by atoms with Gasteiger partial charge in [-0.1, -0.05) is 47.1 Å². The fourth-order valence-electron chi connectivity index (χ4n) is 3.38. The Morgan fingerprint density at radius 1 is 1.15 bits per heavy atom. The molecule has 6 heteroatoms. The number of rotatable bonds is 3. The number of nitrogens with zero attached hydrogens (tertiary/aromatic N) is 3. The second-order valence-electron chi connectivity index (χ2n) is 6.97. The maximum absolute atomic E-state index is 12.7. The van der Waals surface area contributed by atoms with E-state index in [1.165, 1.54) is 5.56 Å². The number of aryl methyl sites for hydroxylation is 2. The molecule has 0 bridgehead atoms. The molecular weight excluding hydrogens is 340 g/mol. The zero-order valence-corrected chi connectivity index (χ0v) is 15.5. The van der Waals surface area contributed by atoms with Crippen LogP contribution >= 0.6 is 0 Å². The van der Waals surface area contributed by atoms with E-state index in [-0.39, 0.29) is 12.1 Å². The average Bonchev–Trinajstić information content (AvgIpc) is 3.31. The maximum Gasteiger partial charge on any atom is 0.322 e. The van der Waals surface area contributed by atoms with Crippen LogP contribution < -0.4 is 5.32 Å². The van der Waals surface area contributed by atoms with Crippen molar-refractivity contribution in [1.82, 2.24) is 15.0 Å². The van der Waals surface area contributed by atoms with E-state index in [1.807, 2.05) is 62.4 Å². The smallest absolute Gasteiger partial charge is 0.322 e. The first-order chi connectivity index (χ1) is 13.1. The molecule has 1 N–H and O–H groups in total. The van der Waals surface area contributed by atoms with Gasteiger partial charge in [0.1, 0.15) is 6.04 Å². The predicted octanol–water partition coefficient (Wildman–Crippen LogP) is 4.72. The minimum Gasteiger partial charge on any atom is -0.337 e. The lowest BCUT2D eigenvalue weighted by atomic mass is 10.1. The minimum atomic E-state index is -0.193. The van der Waals surface area contributed by atoms with Crippen molar-refractivity contribution >= 4 is 11.7 Å². The van der Waals surface area contributed by atoms with Gasteiger partial charge >= 0.3 is 6.03 Å². The van der Waals surface area contributed by atoms with E-state index in [9.17, 15) is 4.79 Å². The summed E-state index contributed by atoms with van der Waals surface area (Å²) >= 11 is 0. The van der Waals surface area contributed by atoms with Crippen LogP contribution in [0.25, 0.3) is 11.4 Å². The van der Waals surface area contributed by atoms with Crippen LogP contribution in [0.4, 0.5) is 10.5 Å². The van der Waals surface area contributed by atoms with E-state index >= 15 is 0 Å². The maximum atomic E-state index is 12.7. The Morgan fingerprint density at radius 2 is 1.96 bits per heavy atom. The molecule has 138 valence electrons. The van der Waals surface area contributed by atoms with E-state index in [0.29, 0.717) is 18.3 Å². The number of hydrogen-bond donors (Lipinski definition) is 1. The third-order valence-electron chi connectivity index (χ3n) is 4.82. The average molecular weight is 362 g/mol. The van der Waals surface area contributed by atoms with Crippen LogP contribution in [0.15, 0.2) is 53.1 Å². The van der Waals surface area contributed by atoms with Crippen molar-refractivity contribution in [2.24, 2.45) is 0 Å². The number of carbonyl (C=O) groups excluding carboxylic acids is 1. The molecular formula is C21H22N4O2. The van der Waals surface area contributed by atoms with Gasteiger partial charge in [0.05, 0.1) is 0 Å². The van der Waals surface area contributed by atoms with Crippen LogP contribution in [0.1, 0.15) is 35.9 Å². The van der Waals surface area contributed by atoms with Crippen molar-refractivity contribution in [3.63, 3.8) is 0 Å². The Balaban J connectivity index is 1.51. The Morgan fingerprint density at radius 3 is 2.74 bits per heavy atom. The summed E-state index contributed by atoms with van der Waals surface area (Å²) < 4.78 is 5.50. The lowest BCUT2D eigenvalue weighted by Gasteiger charge is -2.22. The Kier molecular flexibility index (Phi) is 4.62. The van der Waals surface area contributed by atoms with Gasteiger partial charge in [0, 0.05) is 17.8 Å². The van der Waals surface area contributed by atoms with Crippen molar-refractivity contribution in [3.8, 4) is 11.4 Å². The molecule has 1 atom stereocenters. The van der Waals surface area contributed by atoms with Crippen LogP contribution in [0.2, 0.25) is 0 Å². The molecule has 2 amide bonds. The van der Waals surface area contributed by atoms with Crippen molar-refractivity contribution in [3.05, 3.63) is 65.5 Å². The van der Waals surface area contributed by atoms with E-state index < -0.39 is 0 Å². The molecule has 27 heavy (non-hydrogen) atoms. The van der Waals surface area contributed by atoms with Gasteiger partial charge < -0.3 is 14.7 Å². The van der Waals surface area contributed by atoms with E-state index in [2.05, 4.69) is 15.5 Å².